The SMILES string of the molecule is O=CN1CCN(C(=O)[C@@H]2CCNC[C@H]2O)CC1. The number of aliphatic hydroxyl groups is 1. The summed E-state index contributed by atoms with van der Waals surface area (Å²) >= 11 is 0. The van der Waals surface area contributed by atoms with Gasteiger partial charge < -0.3 is 20.2 Å². The molecule has 0 saturated carbocycles. The first-order valence-electron chi connectivity index (χ1n) is 6.09. The number of nitrogens with zero attached hydrogens (tertiary/aromatic N) is 2. The monoisotopic (exact) mass is 241 g/mol. The molecule has 2 aliphatic rings. The van der Waals surface area contributed by atoms with E-state index in [9.17, 15) is 14.7 Å². The van der Waals surface area contributed by atoms with Crippen LogP contribution in [0.25, 0.3) is 0 Å². The van der Waals surface area contributed by atoms with Crippen molar-refractivity contribution in [1.82, 2.24) is 15.1 Å². The number of carbonyl (C=O) groups is 2. The molecule has 6 heteroatoms. The second-order valence-electron chi connectivity index (χ2n) is 4.63. The number of β-amino-alcohol motifs (C(OH)–C–C–N with tert-alkyl or cyclic N) is 1. The molecule has 2 rings (SSSR count). The van der Waals surface area contributed by atoms with Gasteiger partial charge in [0.05, 0.1) is 12.0 Å². The van der Waals surface area contributed by atoms with Gasteiger partial charge in [-0.2, -0.15) is 0 Å². The average Bonchev–Trinajstić information content (AvgIpc) is 2.39. The highest BCUT2D eigenvalue weighted by atomic mass is 16.3. The molecule has 2 amide bonds. The first-order valence-corrected chi connectivity index (χ1v) is 6.09. The van der Waals surface area contributed by atoms with Crippen molar-refractivity contribution >= 4 is 12.3 Å². The molecule has 2 saturated heterocycles. The smallest absolute Gasteiger partial charge is 0.228 e. The quantitative estimate of drug-likeness (QED) is 0.563. The molecular weight excluding hydrogens is 222 g/mol. The van der Waals surface area contributed by atoms with E-state index in [0.717, 1.165) is 13.0 Å². The van der Waals surface area contributed by atoms with Crippen LogP contribution < -0.4 is 5.32 Å². The summed E-state index contributed by atoms with van der Waals surface area (Å²) in [7, 11) is 0. The van der Waals surface area contributed by atoms with Gasteiger partial charge in [0.25, 0.3) is 0 Å². The number of piperazine rings is 1. The largest absolute Gasteiger partial charge is 0.391 e. The molecule has 0 spiro atoms. The van der Waals surface area contributed by atoms with E-state index in [2.05, 4.69) is 5.32 Å². The minimum absolute atomic E-state index is 0.0320. The Labute approximate surface area is 101 Å². The van der Waals surface area contributed by atoms with Crippen molar-refractivity contribution in [2.75, 3.05) is 39.3 Å². The van der Waals surface area contributed by atoms with Gasteiger partial charge in [-0.05, 0) is 13.0 Å². The van der Waals surface area contributed by atoms with Crippen LogP contribution in [0, 0.1) is 5.92 Å². The predicted octanol–water partition coefficient (Wildman–Crippen LogP) is -1.74. The number of carbonyl (C=O) groups excluding carboxylic acids is 2. The minimum atomic E-state index is -0.583. The molecule has 0 radical (unpaired) electrons. The van der Waals surface area contributed by atoms with E-state index in [1.807, 2.05) is 0 Å². The second kappa shape index (κ2) is 5.46. The first kappa shape index (κ1) is 12.3. The Bertz CT molecular complexity index is 290. The number of piperidine rings is 1. The highest BCUT2D eigenvalue weighted by Crippen LogP contribution is 2.17. The summed E-state index contributed by atoms with van der Waals surface area (Å²) in [6, 6.07) is 0. The van der Waals surface area contributed by atoms with Gasteiger partial charge in [0, 0.05) is 32.7 Å². The van der Waals surface area contributed by atoms with Crippen LogP contribution in [0.4, 0.5) is 0 Å². The average molecular weight is 241 g/mol. The van der Waals surface area contributed by atoms with Gasteiger partial charge in [0.15, 0.2) is 0 Å². The van der Waals surface area contributed by atoms with Crippen LogP contribution in [0.5, 0.6) is 0 Å². The summed E-state index contributed by atoms with van der Waals surface area (Å²) < 4.78 is 0. The standard InChI is InChI=1S/C11H19N3O3/c15-8-13-3-5-14(6-4-13)11(17)9-1-2-12-7-10(9)16/h8-10,12,16H,1-7H2/t9-,10-/m1/s1. The molecule has 96 valence electrons. The van der Waals surface area contributed by atoms with Crippen molar-refractivity contribution < 1.29 is 14.7 Å². The van der Waals surface area contributed by atoms with Crippen LogP contribution in [0.2, 0.25) is 0 Å². The minimum Gasteiger partial charge on any atom is -0.391 e. The number of rotatable bonds is 2. The molecule has 0 aromatic rings. The van der Waals surface area contributed by atoms with E-state index < -0.39 is 6.10 Å². The van der Waals surface area contributed by atoms with Gasteiger partial charge >= 0.3 is 0 Å². The third kappa shape index (κ3) is 2.76. The van der Waals surface area contributed by atoms with Crippen molar-refractivity contribution in [2.45, 2.75) is 12.5 Å². The zero-order valence-electron chi connectivity index (χ0n) is 9.84. The molecule has 2 fully saturated rings. The normalized spacial score (nSPS) is 30.2. The molecule has 2 heterocycles. The number of amides is 2. The zero-order valence-corrected chi connectivity index (χ0v) is 9.84. The van der Waals surface area contributed by atoms with Crippen LogP contribution in [-0.4, -0.2) is 72.6 Å². The molecule has 0 aromatic carbocycles. The number of hydrogen-bond acceptors (Lipinski definition) is 4. The van der Waals surface area contributed by atoms with Crippen LogP contribution in [0.1, 0.15) is 6.42 Å². The van der Waals surface area contributed by atoms with Crippen molar-refractivity contribution in [3.8, 4) is 0 Å². The summed E-state index contributed by atoms with van der Waals surface area (Å²) in [6.07, 6.45) is 0.926. The van der Waals surface area contributed by atoms with E-state index in [0.29, 0.717) is 39.1 Å². The second-order valence-corrected chi connectivity index (χ2v) is 4.63. The van der Waals surface area contributed by atoms with Crippen LogP contribution in [0.15, 0.2) is 0 Å². The molecule has 0 aliphatic carbocycles. The molecular formula is C11H19N3O3. The number of hydrogen-bond donors (Lipinski definition) is 2. The lowest BCUT2D eigenvalue weighted by molar-refractivity contribution is -0.143. The Kier molecular flexibility index (Phi) is 3.96. The fourth-order valence-electron chi connectivity index (χ4n) is 2.41. The molecule has 0 unspecified atom stereocenters. The van der Waals surface area contributed by atoms with Gasteiger partial charge in [-0.15, -0.1) is 0 Å². The Balaban J connectivity index is 1.89. The van der Waals surface area contributed by atoms with Crippen LogP contribution >= 0.6 is 0 Å². The number of nitrogens with one attached hydrogen (secondary N) is 1. The van der Waals surface area contributed by atoms with Crippen LogP contribution in [-0.2, 0) is 9.59 Å². The maximum atomic E-state index is 12.2. The molecule has 2 aliphatic heterocycles. The fourth-order valence-corrected chi connectivity index (χ4v) is 2.41. The van der Waals surface area contributed by atoms with E-state index in [1.165, 1.54) is 0 Å². The van der Waals surface area contributed by atoms with Crippen LogP contribution in [0.3, 0.4) is 0 Å². The van der Waals surface area contributed by atoms with E-state index >= 15 is 0 Å². The third-order valence-corrected chi connectivity index (χ3v) is 3.54. The summed E-state index contributed by atoms with van der Waals surface area (Å²) in [6.45, 7) is 3.61. The third-order valence-electron chi connectivity index (χ3n) is 3.54. The summed E-state index contributed by atoms with van der Waals surface area (Å²) in [4.78, 5) is 26.2. The molecule has 2 atom stereocenters. The summed E-state index contributed by atoms with van der Waals surface area (Å²) in [5, 5.41) is 12.9. The van der Waals surface area contributed by atoms with Gasteiger partial charge in [0.1, 0.15) is 0 Å². The first-order chi connectivity index (χ1) is 8.22. The Morgan fingerprint density at radius 2 is 2.00 bits per heavy atom. The highest BCUT2D eigenvalue weighted by Gasteiger charge is 2.33. The Morgan fingerprint density at radius 3 is 2.59 bits per heavy atom. The van der Waals surface area contributed by atoms with Gasteiger partial charge in [-0.25, -0.2) is 0 Å². The van der Waals surface area contributed by atoms with Crippen molar-refractivity contribution in [3.63, 3.8) is 0 Å². The van der Waals surface area contributed by atoms with E-state index in [1.54, 1.807) is 9.80 Å². The molecule has 0 bridgehead atoms. The Morgan fingerprint density at radius 1 is 1.29 bits per heavy atom. The van der Waals surface area contributed by atoms with E-state index in [-0.39, 0.29) is 11.8 Å². The Hall–Kier alpha value is -1.14. The van der Waals surface area contributed by atoms with Gasteiger partial charge in [-0.3, -0.25) is 9.59 Å². The predicted molar refractivity (Wildman–Crippen MR) is 61.2 cm³/mol. The maximum absolute atomic E-state index is 12.2. The van der Waals surface area contributed by atoms with Crippen molar-refractivity contribution in [1.29, 1.82) is 0 Å². The number of aliphatic hydroxyl groups excluding tert-OH is 1. The highest BCUT2D eigenvalue weighted by molar-refractivity contribution is 5.79. The van der Waals surface area contributed by atoms with Crippen molar-refractivity contribution in [3.05, 3.63) is 0 Å². The fraction of sp³-hybridized carbons (Fsp3) is 0.818. The molecule has 2 N–H and O–H groups in total. The van der Waals surface area contributed by atoms with Gasteiger partial charge in [0.2, 0.25) is 12.3 Å². The lowest BCUT2D eigenvalue weighted by Crippen LogP contribution is -2.54. The summed E-state index contributed by atoms with van der Waals surface area (Å²) in [5.74, 6) is -0.247. The topological polar surface area (TPSA) is 72.9 Å². The van der Waals surface area contributed by atoms with Gasteiger partial charge in [-0.1, -0.05) is 0 Å². The van der Waals surface area contributed by atoms with Crippen molar-refractivity contribution in [2.24, 2.45) is 5.92 Å². The molecule has 6 nitrogen and oxygen atoms in total. The maximum Gasteiger partial charge on any atom is 0.228 e. The molecule has 0 aromatic heterocycles. The lowest BCUT2D eigenvalue weighted by atomic mass is 9.93. The molecule has 17 heavy (non-hydrogen) atoms. The lowest BCUT2D eigenvalue weighted by Gasteiger charge is -2.37. The zero-order chi connectivity index (χ0) is 12.3. The summed E-state index contributed by atoms with van der Waals surface area (Å²) in [5.41, 5.74) is 0. The van der Waals surface area contributed by atoms with E-state index in [4.69, 9.17) is 0 Å².